The summed E-state index contributed by atoms with van der Waals surface area (Å²) in [6.45, 7) is 11.8. The fourth-order valence-electron chi connectivity index (χ4n) is 8.13. The van der Waals surface area contributed by atoms with Crippen LogP contribution >= 0.6 is 0 Å². The summed E-state index contributed by atoms with van der Waals surface area (Å²) in [5, 5.41) is 35.9. The topological polar surface area (TPSA) is 310 Å². The number of carbonyl (C=O) groups excluding carboxylic acids is 5. The summed E-state index contributed by atoms with van der Waals surface area (Å²) in [7, 11) is -2.49. The summed E-state index contributed by atoms with van der Waals surface area (Å²) in [4.78, 5) is 72.6. The summed E-state index contributed by atoms with van der Waals surface area (Å²) < 4.78 is 49.2. The molecule has 0 bridgehead atoms. The molecule has 3 aromatic rings. The maximum absolute atomic E-state index is 14.5. The monoisotopic (exact) mass is 1090 g/mol. The molecular weight excluding hydrogens is 1010 g/mol. The van der Waals surface area contributed by atoms with Gasteiger partial charge in [0, 0.05) is 31.3 Å². The Bertz CT molecular complexity index is 2490. The molecule has 0 radical (unpaired) electrons. The second kappa shape index (κ2) is 32.3. The normalized spacial score (nSPS) is 14.6. The smallest absolute Gasteiger partial charge is 0.304 e. The number of hydrogen-bond donors (Lipinski definition) is 8. The van der Waals surface area contributed by atoms with E-state index in [1.165, 1.54) is 26.4 Å². The predicted molar refractivity (Wildman–Crippen MR) is 290 cm³/mol. The Labute approximate surface area is 454 Å². The quantitative estimate of drug-likeness (QED) is 0.0292. The first kappa shape index (κ1) is 64.8. The minimum Gasteiger partial charge on any atom is -0.495 e. The van der Waals surface area contributed by atoms with Gasteiger partial charge in [0.2, 0.25) is 23.6 Å². The molecule has 21 nitrogen and oxygen atoms in total. The molecule has 0 aromatic heterocycles. The van der Waals surface area contributed by atoms with Gasteiger partial charge in [0.05, 0.1) is 33.4 Å². The number of methoxy groups -OCH3 is 2. The molecular formula is C55H82N8O13S. The van der Waals surface area contributed by atoms with Crippen LogP contribution in [0.3, 0.4) is 0 Å². The molecule has 0 aliphatic rings. The van der Waals surface area contributed by atoms with Crippen molar-refractivity contribution < 1.29 is 61.0 Å². The average Bonchev–Trinajstić information content (AvgIpc) is 3.40. The van der Waals surface area contributed by atoms with Crippen LogP contribution in [-0.4, -0.2) is 136 Å². The van der Waals surface area contributed by atoms with Crippen LogP contribution in [0.15, 0.2) is 94.7 Å². The van der Waals surface area contributed by atoms with Crippen molar-refractivity contribution in [3.05, 3.63) is 95.8 Å². The fourth-order valence-corrected chi connectivity index (χ4v) is 9.41. The maximum atomic E-state index is 14.5. The Balaban J connectivity index is 1.92. The van der Waals surface area contributed by atoms with Crippen molar-refractivity contribution in [2.75, 3.05) is 53.7 Å². The first-order valence-electron chi connectivity index (χ1n) is 26.0. The number of carbonyl (C=O) groups is 5. The van der Waals surface area contributed by atoms with Crippen molar-refractivity contribution in [2.24, 2.45) is 28.6 Å². The maximum Gasteiger partial charge on any atom is 0.304 e. The van der Waals surface area contributed by atoms with Crippen LogP contribution < -0.4 is 41.2 Å². The number of Topliss-reactive ketones (excluding diaryl/α,β-unsaturated/α-hetero) is 1. The second-order valence-corrected chi connectivity index (χ2v) is 21.7. The van der Waals surface area contributed by atoms with Crippen LogP contribution in [0.1, 0.15) is 91.7 Å². The van der Waals surface area contributed by atoms with Crippen molar-refractivity contribution in [2.45, 2.75) is 128 Å². The van der Waals surface area contributed by atoms with E-state index in [1.807, 2.05) is 49.1 Å². The van der Waals surface area contributed by atoms with Gasteiger partial charge in [-0.1, -0.05) is 109 Å². The van der Waals surface area contributed by atoms with E-state index in [0.29, 0.717) is 24.4 Å². The Hall–Kier alpha value is -6.46. The van der Waals surface area contributed by atoms with Gasteiger partial charge in [0.15, 0.2) is 10.7 Å². The molecule has 0 aliphatic carbocycles. The van der Waals surface area contributed by atoms with Crippen LogP contribution in [0.4, 0.5) is 0 Å². The minimum absolute atomic E-state index is 0.0190. The number of nitrogens with two attached hydrogens (primary N) is 1. The molecule has 0 saturated carbocycles. The number of aliphatic hydroxyl groups is 2. The number of aliphatic hydroxyl groups excluding tert-OH is 1. The van der Waals surface area contributed by atoms with E-state index in [0.717, 1.165) is 31.5 Å². The van der Waals surface area contributed by atoms with Gasteiger partial charge < -0.3 is 51.4 Å². The number of rotatable bonds is 36. The predicted octanol–water partition coefficient (Wildman–Crippen LogP) is 4.58. The van der Waals surface area contributed by atoms with E-state index in [2.05, 4.69) is 40.2 Å². The summed E-state index contributed by atoms with van der Waals surface area (Å²) in [6.07, 6.45) is 3.53. The SMILES string of the molecule is CCC(C)CCN(CCO)CC(=O)N[C@@H](CCc1ccccc1)C(=O)N[C@@H](CC(C)C)C(=O)N[C@@H](Cc1ccccc1)C(=O)N[C@@H](CC(C)C)C(=O)C(C)(O)COS(=O)(=O)c1c(OC)cc(OC/C(=C/N)N=N)cc1OC. The number of aryl methyl sites for hydroxylation is 1. The van der Waals surface area contributed by atoms with Crippen molar-refractivity contribution in [3.8, 4) is 17.2 Å². The average molecular weight is 1100 g/mol. The van der Waals surface area contributed by atoms with Gasteiger partial charge in [-0.05, 0) is 74.5 Å². The molecule has 4 amide bonds. The van der Waals surface area contributed by atoms with E-state index in [-0.39, 0.29) is 86.8 Å². The molecule has 0 heterocycles. The van der Waals surface area contributed by atoms with Crippen molar-refractivity contribution >= 4 is 39.5 Å². The number of benzene rings is 3. The van der Waals surface area contributed by atoms with Crippen molar-refractivity contribution in [3.63, 3.8) is 0 Å². The Morgan fingerprint density at radius 3 is 1.84 bits per heavy atom. The first-order valence-corrected chi connectivity index (χ1v) is 27.4. The van der Waals surface area contributed by atoms with E-state index in [4.69, 9.17) is 29.7 Å². The molecule has 426 valence electrons. The van der Waals surface area contributed by atoms with Gasteiger partial charge >= 0.3 is 10.1 Å². The number of nitrogens with zero attached hydrogens (tertiary/aromatic N) is 2. The lowest BCUT2D eigenvalue weighted by Crippen LogP contribution is -2.60. The summed E-state index contributed by atoms with van der Waals surface area (Å²) in [5.74, 6) is -4.03. The molecule has 6 atom stereocenters. The van der Waals surface area contributed by atoms with Gasteiger partial charge in [0.1, 0.15) is 59.9 Å². The molecule has 3 aromatic carbocycles. The van der Waals surface area contributed by atoms with Crippen LogP contribution in [-0.2, 0) is 51.1 Å². The molecule has 9 N–H and O–H groups in total. The molecule has 0 fully saturated rings. The van der Waals surface area contributed by atoms with Gasteiger partial charge in [-0.3, -0.25) is 33.1 Å². The number of nitrogens with one attached hydrogen (secondary N) is 5. The zero-order valence-electron chi connectivity index (χ0n) is 46.0. The Kier molecular flexibility index (Phi) is 27.2. The largest absolute Gasteiger partial charge is 0.495 e. The third kappa shape index (κ3) is 21.8. The highest BCUT2D eigenvalue weighted by atomic mass is 32.2. The lowest BCUT2D eigenvalue weighted by Gasteiger charge is -2.30. The minimum atomic E-state index is -4.86. The third-order valence-electron chi connectivity index (χ3n) is 12.7. The standard InChI is InChI=1S/C55H82N8O13S/c1-10-38(6)23-24-63(25-26-64)33-49(65)58-43(22-21-39-17-13-11-14-18-39)52(67)60-45(28-37(4)5)53(68)61-46(29-40-19-15-12-16-20-40)54(69)59-44(27-36(2)3)51(66)55(7,70)35-76-77(71,72)50-47(73-8)30-42(31-48(50)74-9)75-34-41(32-56)62-57/h11-20,30-32,36-38,43-46,57,64,70H,10,21-29,33-35,56H2,1-9H3,(H,58,65)(H,59,69)(H,60,67)(H,61,68)/b41-32-,62-57?/t38?,43-,44-,45-,46-,55?/m0/s1. The van der Waals surface area contributed by atoms with Crippen LogP contribution in [0.25, 0.3) is 0 Å². The Morgan fingerprint density at radius 1 is 0.779 bits per heavy atom. The van der Waals surface area contributed by atoms with Crippen LogP contribution in [0.2, 0.25) is 0 Å². The van der Waals surface area contributed by atoms with Crippen molar-refractivity contribution in [1.82, 2.24) is 26.2 Å². The van der Waals surface area contributed by atoms with Gasteiger partial charge in [0.25, 0.3) is 0 Å². The lowest BCUT2D eigenvalue weighted by atomic mass is 9.90. The summed E-state index contributed by atoms with van der Waals surface area (Å²) >= 11 is 0. The van der Waals surface area contributed by atoms with Crippen LogP contribution in [0.5, 0.6) is 17.2 Å². The number of ketones is 1. The van der Waals surface area contributed by atoms with E-state index in [9.17, 15) is 42.6 Å². The number of amides is 4. The summed E-state index contributed by atoms with van der Waals surface area (Å²) in [5.41, 5.74) is 11.8. The fraction of sp³-hybridized carbons (Fsp3) is 0.545. The number of ether oxygens (including phenoxy) is 3. The molecule has 0 aliphatic heterocycles. The molecule has 2 unspecified atom stereocenters. The molecule has 0 saturated heterocycles. The number of hydrogen-bond acceptors (Lipinski definition) is 17. The van der Waals surface area contributed by atoms with Crippen LogP contribution in [0, 0.1) is 23.3 Å². The van der Waals surface area contributed by atoms with E-state index >= 15 is 0 Å². The van der Waals surface area contributed by atoms with Crippen molar-refractivity contribution in [1.29, 1.82) is 5.53 Å². The highest BCUT2D eigenvalue weighted by Gasteiger charge is 2.41. The van der Waals surface area contributed by atoms with E-state index in [1.54, 1.807) is 44.2 Å². The zero-order valence-corrected chi connectivity index (χ0v) is 46.8. The Morgan fingerprint density at radius 2 is 1.31 bits per heavy atom. The zero-order chi connectivity index (χ0) is 57.3. The molecule has 77 heavy (non-hydrogen) atoms. The molecule has 22 heteroatoms. The lowest BCUT2D eigenvalue weighted by molar-refractivity contribution is -0.143. The first-order chi connectivity index (χ1) is 36.5. The summed E-state index contributed by atoms with van der Waals surface area (Å²) in [6, 6.07) is 15.6. The van der Waals surface area contributed by atoms with Gasteiger partial charge in [-0.2, -0.15) is 13.5 Å². The third-order valence-corrected chi connectivity index (χ3v) is 14.0. The van der Waals surface area contributed by atoms with Gasteiger partial charge in [-0.25, -0.2) is 5.53 Å². The highest BCUT2D eigenvalue weighted by molar-refractivity contribution is 7.87. The molecule has 3 rings (SSSR count). The second-order valence-electron chi connectivity index (χ2n) is 20.1. The molecule has 0 spiro atoms. The van der Waals surface area contributed by atoms with Gasteiger partial charge in [-0.15, -0.1) is 0 Å². The van der Waals surface area contributed by atoms with E-state index < -0.39 is 80.8 Å². The highest BCUT2D eigenvalue weighted by Crippen LogP contribution is 2.39.